The van der Waals surface area contributed by atoms with Crippen molar-refractivity contribution in [2.45, 2.75) is 32.7 Å². The molecule has 2 heterocycles. The van der Waals surface area contributed by atoms with Crippen LogP contribution in [0.25, 0.3) is 10.2 Å². The fourth-order valence-electron chi connectivity index (χ4n) is 1.71. The Morgan fingerprint density at radius 1 is 1.47 bits per heavy atom. The lowest BCUT2D eigenvalue weighted by atomic mass is 10.2. The van der Waals surface area contributed by atoms with Crippen LogP contribution in [0, 0.1) is 0 Å². The number of thiophene rings is 1. The highest BCUT2D eigenvalue weighted by molar-refractivity contribution is 7.17. The fourth-order valence-corrected chi connectivity index (χ4v) is 2.44. The van der Waals surface area contributed by atoms with E-state index in [0.717, 1.165) is 17.9 Å². The molecule has 2 aromatic rings. The van der Waals surface area contributed by atoms with Gasteiger partial charge in [0.1, 0.15) is 10.5 Å². The van der Waals surface area contributed by atoms with Crippen LogP contribution < -0.4 is 10.9 Å². The zero-order chi connectivity index (χ0) is 12.1. The van der Waals surface area contributed by atoms with Crippen LogP contribution in [-0.4, -0.2) is 16.5 Å². The van der Waals surface area contributed by atoms with E-state index in [2.05, 4.69) is 22.2 Å². The summed E-state index contributed by atoms with van der Waals surface area (Å²) in [6.07, 6.45) is 3.62. The summed E-state index contributed by atoms with van der Waals surface area (Å²) in [4.78, 5) is 18.9. The molecule has 5 heteroatoms. The lowest BCUT2D eigenvalue weighted by Gasteiger charge is -2.03. The van der Waals surface area contributed by atoms with Crippen LogP contribution in [0.1, 0.15) is 32.0 Å². The van der Waals surface area contributed by atoms with Crippen LogP contribution in [-0.2, 0) is 6.54 Å². The molecule has 2 rings (SSSR count). The van der Waals surface area contributed by atoms with Crippen molar-refractivity contribution in [3.05, 3.63) is 27.6 Å². The first-order valence-corrected chi connectivity index (χ1v) is 6.86. The molecule has 0 unspecified atom stereocenters. The molecule has 0 aliphatic heterocycles. The number of nitrogens with one attached hydrogen (secondary N) is 2. The van der Waals surface area contributed by atoms with Gasteiger partial charge < -0.3 is 10.3 Å². The zero-order valence-electron chi connectivity index (χ0n) is 9.95. The first kappa shape index (κ1) is 12.3. The molecule has 0 saturated heterocycles. The van der Waals surface area contributed by atoms with Crippen LogP contribution >= 0.6 is 11.3 Å². The van der Waals surface area contributed by atoms with Crippen LogP contribution in [0.4, 0.5) is 0 Å². The van der Waals surface area contributed by atoms with Gasteiger partial charge in [-0.2, -0.15) is 0 Å². The maximum absolute atomic E-state index is 11.7. The molecule has 0 amide bonds. The Kier molecular flexibility index (Phi) is 4.28. The third-order valence-corrected chi connectivity index (χ3v) is 3.52. The zero-order valence-corrected chi connectivity index (χ0v) is 10.8. The van der Waals surface area contributed by atoms with Gasteiger partial charge in [-0.25, -0.2) is 4.98 Å². The molecule has 2 N–H and O–H groups in total. The first-order valence-electron chi connectivity index (χ1n) is 5.98. The Hall–Kier alpha value is -1.20. The standard InChI is InChI=1S/C12H17N3OS/c1-2-3-4-6-13-8-10-14-9-5-7-17-11(9)12(16)15-10/h5,7,13H,2-4,6,8H2,1H3,(H,14,15,16). The van der Waals surface area contributed by atoms with Crippen LogP contribution in [0.15, 0.2) is 16.2 Å². The van der Waals surface area contributed by atoms with E-state index in [-0.39, 0.29) is 5.56 Å². The largest absolute Gasteiger partial charge is 0.310 e. The molecule has 0 saturated carbocycles. The lowest BCUT2D eigenvalue weighted by molar-refractivity contribution is 0.603. The van der Waals surface area contributed by atoms with Crippen LogP contribution in [0.5, 0.6) is 0 Å². The van der Waals surface area contributed by atoms with Crippen molar-refractivity contribution < 1.29 is 0 Å². The average molecular weight is 251 g/mol. The minimum Gasteiger partial charge on any atom is -0.310 e. The molecule has 0 atom stereocenters. The summed E-state index contributed by atoms with van der Waals surface area (Å²) < 4.78 is 0.708. The molecule has 0 bridgehead atoms. The van der Waals surface area contributed by atoms with Crippen molar-refractivity contribution in [3.63, 3.8) is 0 Å². The van der Waals surface area contributed by atoms with Crippen molar-refractivity contribution in [3.8, 4) is 0 Å². The molecular weight excluding hydrogens is 234 g/mol. The van der Waals surface area contributed by atoms with Crippen molar-refractivity contribution in [1.82, 2.24) is 15.3 Å². The number of aromatic nitrogens is 2. The highest BCUT2D eigenvalue weighted by Crippen LogP contribution is 2.13. The number of unbranched alkanes of at least 4 members (excludes halogenated alkanes) is 2. The van der Waals surface area contributed by atoms with Gasteiger partial charge in [0.05, 0.1) is 12.1 Å². The molecule has 17 heavy (non-hydrogen) atoms. The van der Waals surface area contributed by atoms with E-state index >= 15 is 0 Å². The molecule has 2 aromatic heterocycles. The second-order valence-corrected chi connectivity index (χ2v) is 4.95. The van der Waals surface area contributed by atoms with Crippen LogP contribution in [0.2, 0.25) is 0 Å². The summed E-state index contributed by atoms with van der Waals surface area (Å²) in [5, 5.41) is 5.19. The number of H-pyrrole nitrogens is 1. The lowest BCUT2D eigenvalue weighted by Crippen LogP contribution is -2.19. The molecule has 92 valence electrons. The summed E-state index contributed by atoms with van der Waals surface area (Å²) in [6.45, 7) is 3.79. The minimum atomic E-state index is -0.0321. The maximum Gasteiger partial charge on any atom is 0.268 e. The molecule has 0 aliphatic carbocycles. The summed E-state index contributed by atoms with van der Waals surface area (Å²) >= 11 is 1.43. The molecule has 0 fully saturated rings. The number of hydrogen-bond acceptors (Lipinski definition) is 4. The number of fused-ring (bicyclic) bond motifs is 1. The Balaban J connectivity index is 1.97. The van der Waals surface area contributed by atoms with Gasteiger partial charge in [0, 0.05) is 0 Å². The Bertz CT molecular complexity index is 532. The fraction of sp³-hybridized carbons (Fsp3) is 0.500. The van der Waals surface area contributed by atoms with Crippen molar-refractivity contribution >= 4 is 21.6 Å². The van der Waals surface area contributed by atoms with Crippen molar-refractivity contribution in [2.75, 3.05) is 6.54 Å². The third kappa shape index (κ3) is 3.14. The van der Waals surface area contributed by atoms with Gasteiger partial charge in [-0.3, -0.25) is 4.79 Å². The first-order chi connectivity index (χ1) is 8.31. The number of hydrogen-bond donors (Lipinski definition) is 2. The summed E-state index contributed by atoms with van der Waals surface area (Å²) in [5.74, 6) is 0.720. The van der Waals surface area contributed by atoms with Gasteiger partial charge in [-0.15, -0.1) is 11.3 Å². The summed E-state index contributed by atoms with van der Waals surface area (Å²) in [6, 6.07) is 1.88. The second kappa shape index (κ2) is 5.93. The van der Waals surface area contributed by atoms with E-state index in [1.54, 1.807) is 0 Å². The van der Waals surface area contributed by atoms with Gasteiger partial charge in [0.15, 0.2) is 0 Å². The molecule has 0 aromatic carbocycles. The van der Waals surface area contributed by atoms with E-state index < -0.39 is 0 Å². The van der Waals surface area contributed by atoms with Gasteiger partial charge in [0.25, 0.3) is 5.56 Å². The minimum absolute atomic E-state index is 0.0321. The molecule has 0 radical (unpaired) electrons. The maximum atomic E-state index is 11.7. The smallest absolute Gasteiger partial charge is 0.268 e. The Morgan fingerprint density at radius 2 is 2.35 bits per heavy atom. The van der Waals surface area contributed by atoms with Crippen molar-refractivity contribution in [2.24, 2.45) is 0 Å². The van der Waals surface area contributed by atoms with Crippen molar-refractivity contribution in [1.29, 1.82) is 0 Å². The normalized spacial score (nSPS) is 11.1. The highest BCUT2D eigenvalue weighted by atomic mass is 32.1. The Labute approximate surface area is 104 Å². The van der Waals surface area contributed by atoms with Gasteiger partial charge in [-0.05, 0) is 24.4 Å². The molecule has 4 nitrogen and oxygen atoms in total. The third-order valence-electron chi connectivity index (χ3n) is 2.61. The predicted molar refractivity (Wildman–Crippen MR) is 71.5 cm³/mol. The van der Waals surface area contributed by atoms with Gasteiger partial charge in [0.2, 0.25) is 0 Å². The number of aromatic amines is 1. The average Bonchev–Trinajstić information content (AvgIpc) is 2.77. The topological polar surface area (TPSA) is 57.8 Å². The van der Waals surface area contributed by atoms with Gasteiger partial charge >= 0.3 is 0 Å². The SMILES string of the molecule is CCCCCNCc1nc2ccsc2c(=O)[nH]1. The summed E-state index contributed by atoms with van der Waals surface area (Å²) in [7, 11) is 0. The predicted octanol–water partition coefficient (Wildman–Crippen LogP) is 2.26. The van der Waals surface area contributed by atoms with Crippen LogP contribution in [0.3, 0.4) is 0 Å². The number of rotatable bonds is 6. The van der Waals surface area contributed by atoms with E-state index in [9.17, 15) is 4.79 Å². The van der Waals surface area contributed by atoms with E-state index in [1.807, 2.05) is 11.4 Å². The summed E-state index contributed by atoms with van der Waals surface area (Å²) in [5.41, 5.74) is 0.763. The monoisotopic (exact) mass is 251 g/mol. The van der Waals surface area contributed by atoms with E-state index in [4.69, 9.17) is 0 Å². The van der Waals surface area contributed by atoms with E-state index in [0.29, 0.717) is 11.2 Å². The number of nitrogens with zero attached hydrogens (tertiary/aromatic N) is 1. The quantitative estimate of drug-likeness (QED) is 0.774. The molecule has 0 aliphatic rings. The highest BCUT2D eigenvalue weighted by Gasteiger charge is 2.03. The molecular formula is C12H17N3OS. The molecule has 0 spiro atoms. The van der Waals surface area contributed by atoms with Gasteiger partial charge in [-0.1, -0.05) is 19.8 Å². The second-order valence-electron chi connectivity index (χ2n) is 4.03. The Morgan fingerprint density at radius 3 is 3.18 bits per heavy atom. The van der Waals surface area contributed by atoms with E-state index in [1.165, 1.54) is 30.6 Å².